The Labute approximate surface area is 204 Å². The van der Waals surface area contributed by atoms with Crippen molar-refractivity contribution in [2.45, 2.75) is 26.8 Å². The maximum atomic E-state index is 11.8. The number of nitrogens with zero attached hydrogens (tertiary/aromatic N) is 6. The molecule has 2 aliphatic heterocycles. The minimum absolute atomic E-state index is 0.222. The van der Waals surface area contributed by atoms with E-state index in [1.165, 1.54) is 5.56 Å². The molecule has 2 N–H and O–H groups in total. The molecule has 0 aliphatic carbocycles. The van der Waals surface area contributed by atoms with Crippen LogP contribution in [0.3, 0.4) is 0 Å². The molecule has 2 aromatic heterocycles. The van der Waals surface area contributed by atoms with Crippen molar-refractivity contribution in [2.75, 3.05) is 54.5 Å². The average Bonchev–Trinajstić information content (AvgIpc) is 2.89. The van der Waals surface area contributed by atoms with Crippen LogP contribution in [0.4, 0.5) is 22.1 Å². The normalized spacial score (nSPS) is 15.5. The summed E-state index contributed by atoms with van der Waals surface area (Å²) in [7, 11) is 0. The quantitative estimate of drug-likeness (QED) is 0.581. The van der Waals surface area contributed by atoms with Crippen LogP contribution in [0, 0.1) is 6.92 Å². The van der Waals surface area contributed by atoms with Crippen molar-refractivity contribution in [1.29, 1.82) is 0 Å². The van der Waals surface area contributed by atoms with Crippen molar-refractivity contribution in [3.05, 3.63) is 53.6 Å². The number of hydrogen-bond acceptors (Lipinski definition) is 8. The van der Waals surface area contributed by atoms with E-state index in [1.54, 1.807) is 6.20 Å². The maximum absolute atomic E-state index is 11.8. The predicted octanol–water partition coefficient (Wildman–Crippen LogP) is 2.78. The number of carbonyl (C=O) groups excluding carboxylic acids is 1. The summed E-state index contributed by atoms with van der Waals surface area (Å²) in [5, 5.41) is 5.57. The first-order valence-corrected chi connectivity index (χ1v) is 12.0. The van der Waals surface area contributed by atoms with Crippen LogP contribution < -0.4 is 20.4 Å². The third-order valence-electron chi connectivity index (χ3n) is 6.18. The number of anilines is 3. The van der Waals surface area contributed by atoms with Crippen LogP contribution in [-0.2, 0) is 17.7 Å². The van der Waals surface area contributed by atoms with Crippen molar-refractivity contribution in [1.82, 2.24) is 25.3 Å². The molecule has 0 atom stereocenters. The Morgan fingerprint density at radius 3 is 2.57 bits per heavy atom. The van der Waals surface area contributed by atoms with Crippen molar-refractivity contribution in [3.8, 4) is 11.4 Å². The maximum Gasteiger partial charge on any atom is 0.319 e. The van der Waals surface area contributed by atoms with E-state index in [2.05, 4.69) is 30.4 Å². The average molecular weight is 475 g/mol. The number of nitrogens with one attached hydrogen (secondary N) is 2. The Bertz CT molecular complexity index is 1190. The molecule has 35 heavy (non-hydrogen) atoms. The van der Waals surface area contributed by atoms with Gasteiger partial charge in [0.15, 0.2) is 5.82 Å². The van der Waals surface area contributed by atoms with Gasteiger partial charge in [0.1, 0.15) is 17.5 Å². The lowest BCUT2D eigenvalue weighted by Gasteiger charge is -2.34. The van der Waals surface area contributed by atoms with Crippen molar-refractivity contribution < 1.29 is 9.53 Å². The third-order valence-corrected chi connectivity index (χ3v) is 6.18. The second kappa shape index (κ2) is 10.2. The summed E-state index contributed by atoms with van der Waals surface area (Å²) in [6.07, 6.45) is 2.65. The van der Waals surface area contributed by atoms with Gasteiger partial charge < -0.3 is 25.2 Å². The second-order valence-electron chi connectivity index (χ2n) is 8.59. The Hall–Kier alpha value is -3.79. The number of hydrogen-bond donors (Lipinski definition) is 2. The molecular formula is C25H30N8O2. The number of rotatable bonds is 5. The predicted molar refractivity (Wildman–Crippen MR) is 135 cm³/mol. The summed E-state index contributed by atoms with van der Waals surface area (Å²) >= 11 is 0. The summed E-state index contributed by atoms with van der Waals surface area (Å²) in [5.74, 6) is 3.34. The van der Waals surface area contributed by atoms with Gasteiger partial charge in [-0.2, -0.15) is 0 Å². The Kier molecular flexibility index (Phi) is 6.71. The summed E-state index contributed by atoms with van der Waals surface area (Å²) < 4.78 is 5.58. The van der Waals surface area contributed by atoms with E-state index >= 15 is 0 Å². The SMILES string of the molecule is CCNC(=O)Nc1ccc(-c2nc3c(c(N4CCOCC4)n2)CCN(c2ccnc(C)n2)C3)cc1. The lowest BCUT2D eigenvalue weighted by Crippen LogP contribution is -2.39. The fourth-order valence-electron chi connectivity index (χ4n) is 4.43. The molecule has 10 nitrogen and oxygen atoms in total. The number of amides is 2. The molecule has 3 aromatic rings. The number of aryl methyl sites for hydroxylation is 1. The van der Waals surface area contributed by atoms with Gasteiger partial charge in [-0.3, -0.25) is 0 Å². The van der Waals surface area contributed by atoms with Crippen molar-refractivity contribution in [3.63, 3.8) is 0 Å². The molecule has 0 spiro atoms. The highest BCUT2D eigenvalue weighted by Crippen LogP contribution is 2.31. The number of fused-ring (bicyclic) bond motifs is 1. The first-order valence-electron chi connectivity index (χ1n) is 12.0. The van der Waals surface area contributed by atoms with E-state index in [-0.39, 0.29) is 6.03 Å². The lowest BCUT2D eigenvalue weighted by molar-refractivity contribution is 0.122. The largest absolute Gasteiger partial charge is 0.378 e. The number of aromatic nitrogens is 4. The minimum atomic E-state index is -0.222. The van der Waals surface area contributed by atoms with Gasteiger partial charge in [0.2, 0.25) is 0 Å². The first-order chi connectivity index (χ1) is 17.1. The standard InChI is InChI=1S/C25H30N8O2/c1-3-26-25(34)29-19-6-4-18(5-7-19)23-30-21-16-33(22-8-10-27-17(2)28-22)11-9-20(21)24(31-23)32-12-14-35-15-13-32/h4-8,10H,3,9,11-16H2,1-2H3,(H2,26,29,34). The molecule has 1 aromatic carbocycles. The topological polar surface area (TPSA) is 108 Å². The van der Waals surface area contributed by atoms with Crippen LogP contribution in [0.5, 0.6) is 0 Å². The van der Waals surface area contributed by atoms with E-state index in [0.717, 1.165) is 60.5 Å². The fourth-order valence-corrected chi connectivity index (χ4v) is 4.43. The summed E-state index contributed by atoms with van der Waals surface area (Å²) in [5.41, 5.74) is 3.84. The summed E-state index contributed by atoms with van der Waals surface area (Å²) in [6, 6.07) is 9.36. The molecule has 182 valence electrons. The van der Waals surface area contributed by atoms with Gasteiger partial charge in [-0.1, -0.05) is 0 Å². The molecule has 0 radical (unpaired) electrons. The van der Waals surface area contributed by atoms with E-state index in [4.69, 9.17) is 14.7 Å². The molecule has 5 rings (SSSR count). The first kappa shape index (κ1) is 23.0. The van der Waals surface area contributed by atoms with Gasteiger partial charge in [-0.25, -0.2) is 24.7 Å². The lowest BCUT2D eigenvalue weighted by atomic mass is 10.0. The molecule has 4 heterocycles. The molecule has 10 heteroatoms. The molecule has 0 saturated carbocycles. The van der Waals surface area contributed by atoms with E-state index < -0.39 is 0 Å². The number of ether oxygens (including phenoxy) is 1. The Morgan fingerprint density at radius 1 is 1.03 bits per heavy atom. The zero-order valence-corrected chi connectivity index (χ0v) is 20.1. The van der Waals surface area contributed by atoms with Crippen LogP contribution in [0.25, 0.3) is 11.4 Å². The zero-order valence-electron chi connectivity index (χ0n) is 20.1. The molecule has 1 fully saturated rings. The number of urea groups is 1. The third kappa shape index (κ3) is 5.17. The molecule has 2 aliphatic rings. The van der Waals surface area contributed by atoms with E-state index in [1.807, 2.05) is 44.2 Å². The molecular weight excluding hydrogens is 444 g/mol. The van der Waals surface area contributed by atoms with Gasteiger partial charge in [-0.05, 0) is 50.6 Å². The van der Waals surface area contributed by atoms with Crippen molar-refractivity contribution in [2.24, 2.45) is 0 Å². The molecule has 2 amide bonds. The monoisotopic (exact) mass is 474 g/mol. The fraction of sp³-hybridized carbons (Fsp3) is 0.400. The van der Waals surface area contributed by atoms with Crippen LogP contribution in [0.15, 0.2) is 36.5 Å². The van der Waals surface area contributed by atoms with Gasteiger partial charge in [-0.15, -0.1) is 0 Å². The number of carbonyl (C=O) groups is 1. The second-order valence-corrected chi connectivity index (χ2v) is 8.59. The number of morpholine rings is 1. The number of benzene rings is 1. The van der Waals surface area contributed by atoms with Gasteiger partial charge >= 0.3 is 6.03 Å². The van der Waals surface area contributed by atoms with Crippen LogP contribution >= 0.6 is 0 Å². The molecule has 1 saturated heterocycles. The van der Waals surface area contributed by atoms with Crippen LogP contribution in [-0.4, -0.2) is 65.4 Å². The van der Waals surface area contributed by atoms with E-state index in [9.17, 15) is 4.79 Å². The van der Waals surface area contributed by atoms with Crippen LogP contribution in [0.2, 0.25) is 0 Å². The molecule has 0 unspecified atom stereocenters. The molecule has 0 bridgehead atoms. The highest BCUT2D eigenvalue weighted by Gasteiger charge is 2.27. The van der Waals surface area contributed by atoms with Gasteiger partial charge in [0.25, 0.3) is 0 Å². The summed E-state index contributed by atoms with van der Waals surface area (Å²) in [6.45, 7) is 8.89. The smallest absolute Gasteiger partial charge is 0.319 e. The zero-order chi connectivity index (χ0) is 24.2. The van der Waals surface area contributed by atoms with Crippen LogP contribution in [0.1, 0.15) is 24.0 Å². The highest BCUT2D eigenvalue weighted by molar-refractivity contribution is 5.89. The van der Waals surface area contributed by atoms with Crippen molar-refractivity contribution >= 4 is 23.4 Å². The summed E-state index contributed by atoms with van der Waals surface area (Å²) in [4.78, 5) is 35.3. The van der Waals surface area contributed by atoms with Gasteiger partial charge in [0.05, 0.1) is 25.5 Å². The van der Waals surface area contributed by atoms with Gasteiger partial charge in [0, 0.05) is 49.2 Å². The Balaban J connectivity index is 1.48. The Morgan fingerprint density at radius 2 is 1.83 bits per heavy atom. The highest BCUT2D eigenvalue weighted by atomic mass is 16.5. The minimum Gasteiger partial charge on any atom is -0.378 e. The van der Waals surface area contributed by atoms with E-state index in [0.29, 0.717) is 32.1 Å².